The summed E-state index contributed by atoms with van der Waals surface area (Å²) >= 11 is 0. The van der Waals surface area contributed by atoms with Crippen LogP contribution in [0, 0.1) is 5.92 Å². The first kappa shape index (κ1) is 27.4. The van der Waals surface area contributed by atoms with E-state index in [0.29, 0.717) is 36.0 Å². The molecule has 2 aromatic carbocycles. The van der Waals surface area contributed by atoms with Gasteiger partial charge in [-0.3, -0.25) is 9.59 Å². The maximum atomic E-state index is 13.3. The average Bonchev–Trinajstić information content (AvgIpc) is 3.45. The van der Waals surface area contributed by atoms with E-state index < -0.39 is 5.97 Å². The predicted molar refractivity (Wildman–Crippen MR) is 151 cm³/mol. The Morgan fingerprint density at radius 3 is 2.30 bits per heavy atom. The number of amides is 2. The third-order valence-corrected chi connectivity index (χ3v) is 7.98. The van der Waals surface area contributed by atoms with E-state index in [-0.39, 0.29) is 43.1 Å². The Bertz CT molecular complexity index is 1370. The van der Waals surface area contributed by atoms with Crippen LogP contribution in [0.3, 0.4) is 0 Å². The molecular weight excluding hydrogens is 504 g/mol. The molecule has 7 nitrogen and oxygen atoms in total. The van der Waals surface area contributed by atoms with Crippen LogP contribution in [-0.2, 0) is 27.3 Å². The van der Waals surface area contributed by atoms with Crippen LogP contribution in [0.2, 0.25) is 0 Å². The number of hydrogen-bond acceptors (Lipinski definition) is 5. The van der Waals surface area contributed by atoms with Gasteiger partial charge in [0.05, 0.1) is 18.7 Å². The van der Waals surface area contributed by atoms with Gasteiger partial charge in [-0.25, -0.2) is 4.79 Å². The number of benzene rings is 2. The zero-order chi connectivity index (χ0) is 28.1. The van der Waals surface area contributed by atoms with Gasteiger partial charge in [0.2, 0.25) is 5.91 Å². The Morgan fingerprint density at radius 2 is 1.62 bits per heavy atom. The predicted octanol–water partition coefficient (Wildman–Crippen LogP) is 5.73. The molecule has 1 atom stereocenters. The first-order valence-corrected chi connectivity index (χ1v) is 14.1. The molecule has 1 saturated heterocycles. The summed E-state index contributed by atoms with van der Waals surface area (Å²) in [7, 11) is 0. The van der Waals surface area contributed by atoms with Gasteiger partial charge in [-0.15, -0.1) is 0 Å². The standard InChI is InChI=1S/C33H36N2O5/c1-3-39-33(38)31-23(2)35(30(36)21-28(31)26-12-8-5-9-13-26)22-27-14-15-29(40-27)32(37)34-18-16-25(17-19-34)20-24-10-6-4-7-11-24/h4-15,25,28H,3,16-22H2,1-2H3. The minimum Gasteiger partial charge on any atom is -0.463 e. The number of rotatable bonds is 8. The fourth-order valence-corrected chi connectivity index (χ4v) is 5.82. The molecule has 208 valence electrons. The molecule has 3 heterocycles. The van der Waals surface area contributed by atoms with Crippen molar-refractivity contribution in [2.45, 2.75) is 52.0 Å². The number of esters is 1. The van der Waals surface area contributed by atoms with Gasteiger partial charge in [-0.2, -0.15) is 0 Å². The summed E-state index contributed by atoms with van der Waals surface area (Å²) < 4.78 is 11.3. The molecule has 0 aliphatic carbocycles. The second-order valence-electron chi connectivity index (χ2n) is 10.6. The molecule has 0 saturated carbocycles. The van der Waals surface area contributed by atoms with Crippen molar-refractivity contribution in [1.29, 1.82) is 0 Å². The summed E-state index contributed by atoms with van der Waals surface area (Å²) in [5.41, 5.74) is 3.26. The van der Waals surface area contributed by atoms with Crippen LogP contribution < -0.4 is 0 Å². The molecule has 1 fully saturated rings. The summed E-state index contributed by atoms with van der Waals surface area (Å²) in [5.74, 6) is 0.306. The van der Waals surface area contributed by atoms with Gasteiger partial charge >= 0.3 is 5.97 Å². The second-order valence-corrected chi connectivity index (χ2v) is 10.6. The van der Waals surface area contributed by atoms with E-state index in [2.05, 4.69) is 24.3 Å². The molecule has 0 spiro atoms. The average molecular weight is 541 g/mol. The maximum absolute atomic E-state index is 13.3. The molecule has 40 heavy (non-hydrogen) atoms. The number of likely N-dealkylation sites (tertiary alicyclic amines) is 1. The summed E-state index contributed by atoms with van der Waals surface area (Å²) in [6, 6.07) is 23.5. The molecule has 1 unspecified atom stereocenters. The quantitative estimate of drug-likeness (QED) is 0.341. The van der Waals surface area contributed by atoms with Crippen LogP contribution in [-0.4, -0.2) is 47.3 Å². The lowest BCUT2D eigenvalue weighted by Gasteiger charge is -2.34. The van der Waals surface area contributed by atoms with Gasteiger partial charge in [-0.1, -0.05) is 60.7 Å². The van der Waals surface area contributed by atoms with E-state index in [1.165, 1.54) is 5.56 Å². The Morgan fingerprint density at radius 1 is 0.950 bits per heavy atom. The number of ether oxygens (including phenoxy) is 1. The van der Waals surface area contributed by atoms with Gasteiger partial charge in [0.25, 0.3) is 5.91 Å². The highest BCUT2D eigenvalue weighted by Gasteiger charge is 2.37. The molecule has 2 aliphatic heterocycles. The highest BCUT2D eigenvalue weighted by atomic mass is 16.5. The monoisotopic (exact) mass is 540 g/mol. The highest BCUT2D eigenvalue weighted by Crippen LogP contribution is 2.37. The molecule has 1 aromatic heterocycles. The van der Waals surface area contributed by atoms with Gasteiger partial charge in [0.1, 0.15) is 5.76 Å². The van der Waals surface area contributed by atoms with Gasteiger partial charge in [0.15, 0.2) is 5.76 Å². The number of carbonyl (C=O) groups is 3. The zero-order valence-electron chi connectivity index (χ0n) is 23.2. The summed E-state index contributed by atoms with van der Waals surface area (Å²) in [6.45, 7) is 5.32. The first-order valence-electron chi connectivity index (χ1n) is 14.1. The molecule has 7 heteroatoms. The Labute approximate surface area is 235 Å². The molecule has 5 rings (SSSR count). The number of hydrogen-bond donors (Lipinski definition) is 0. The van der Waals surface area contributed by atoms with Crippen molar-refractivity contribution in [3.63, 3.8) is 0 Å². The van der Waals surface area contributed by atoms with Crippen LogP contribution in [0.15, 0.2) is 88.5 Å². The van der Waals surface area contributed by atoms with Crippen molar-refractivity contribution in [1.82, 2.24) is 9.80 Å². The van der Waals surface area contributed by atoms with Crippen molar-refractivity contribution >= 4 is 17.8 Å². The first-order chi connectivity index (χ1) is 19.4. The molecular formula is C33H36N2O5. The number of nitrogens with zero attached hydrogens (tertiary/aromatic N) is 2. The van der Waals surface area contributed by atoms with E-state index in [0.717, 1.165) is 24.8 Å². The largest absolute Gasteiger partial charge is 0.463 e. The molecule has 3 aromatic rings. The zero-order valence-corrected chi connectivity index (χ0v) is 23.2. The van der Waals surface area contributed by atoms with Crippen molar-refractivity contribution in [3.8, 4) is 0 Å². The maximum Gasteiger partial charge on any atom is 0.336 e. The lowest BCUT2D eigenvalue weighted by atomic mass is 9.83. The molecule has 0 N–H and O–H groups in total. The topological polar surface area (TPSA) is 80.1 Å². The third kappa shape index (κ3) is 6.03. The van der Waals surface area contributed by atoms with E-state index in [9.17, 15) is 14.4 Å². The van der Waals surface area contributed by atoms with Crippen LogP contribution in [0.4, 0.5) is 0 Å². The molecule has 0 bridgehead atoms. The van der Waals surface area contributed by atoms with E-state index in [1.807, 2.05) is 41.3 Å². The minimum absolute atomic E-state index is 0.107. The van der Waals surface area contributed by atoms with Gasteiger partial charge in [0, 0.05) is 31.1 Å². The smallest absolute Gasteiger partial charge is 0.336 e. The van der Waals surface area contributed by atoms with Crippen LogP contribution >= 0.6 is 0 Å². The lowest BCUT2D eigenvalue weighted by Crippen LogP contribution is -2.39. The Balaban J connectivity index is 1.26. The lowest BCUT2D eigenvalue weighted by molar-refractivity contribution is -0.140. The van der Waals surface area contributed by atoms with Crippen molar-refractivity contribution in [3.05, 3.63) is 107 Å². The van der Waals surface area contributed by atoms with Gasteiger partial charge < -0.3 is 19.0 Å². The molecule has 2 amide bonds. The number of piperidine rings is 1. The normalized spacial score (nSPS) is 18.2. The number of furan rings is 1. The molecule has 0 radical (unpaired) electrons. The Hall–Kier alpha value is -4.13. The molecule has 2 aliphatic rings. The van der Waals surface area contributed by atoms with Gasteiger partial charge in [-0.05, 0) is 62.3 Å². The fraction of sp³-hybridized carbons (Fsp3) is 0.364. The fourth-order valence-electron chi connectivity index (χ4n) is 5.82. The second kappa shape index (κ2) is 12.4. The van der Waals surface area contributed by atoms with Crippen molar-refractivity contribution in [2.24, 2.45) is 5.92 Å². The van der Waals surface area contributed by atoms with Crippen molar-refractivity contribution in [2.75, 3.05) is 19.7 Å². The van der Waals surface area contributed by atoms with E-state index in [4.69, 9.17) is 9.15 Å². The Kier molecular flexibility index (Phi) is 8.48. The highest BCUT2D eigenvalue weighted by molar-refractivity contribution is 5.96. The van der Waals surface area contributed by atoms with E-state index in [1.54, 1.807) is 30.9 Å². The SMILES string of the molecule is CCOC(=O)C1=C(C)N(Cc2ccc(C(=O)N3CCC(Cc4ccccc4)CC3)o2)C(=O)CC1c1ccccc1. The third-order valence-electron chi connectivity index (χ3n) is 7.98. The minimum atomic E-state index is -0.419. The number of allylic oxidation sites excluding steroid dienone is 1. The summed E-state index contributed by atoms with van der Waals surface area (Å²) in [4.78, 5) is 42.9. The van der Waals surface area contributed by atoms with Crippen LogP contribution in [0.1, 0.15) is 66.5 Å². The van der Waals surface area contributed by atoms with Crippen LogP contribution in [0.25, 0.3) is 0 Å². The van der Waals surface area contributed by atoms with Crippen molar-refractivity contribution < 1.29 is 23.5 Å². The summed E-state index contributed by atoms with van der Waals surface area (Å²) in [6.07, 6.45) is 3.10. The number of carbonyl (C=O) groups excluding carboxylic acids is 3. The summed E-state index contributed by atoms with van der Waals surface area (Å²) in [5, 5.41) is 0. The van der Waals surface area contributed by atoms with Crippen LogP contribution in [0.5, 0.6) is 0 Å². The van der Waals surface area contributed by atoms with E-state index >= 15 is 0 Å².